The Kier molecular flexibility index (Phi) is 31.4. The molecular weight excluding hydrogens is 312 g/mol. The van der Waals surface area contributed by atoms with Gasteiger partial charge >= 0.3 is 17.9 Å². The van der Waals surface area contributed by atoms with E-state index in [4.69, 9.17) is 15.3 Å². The first-order valence-electron chi connectivity index (χ1n) is 6.18. The number of carboxylic acids is 3. The summed E-state index contributed by atoms with van der Waals surface area (Å²) in [6, 6.07) is 0. The van der Waals surface area contributed by atoms with Crippen LogP contribution in [-0.4, -0.2) is 33.2 Å². The molecule has 0 atom stereocenters. The molecule has 6 nitrogen and oxygen atoms in total. The van der Waals surface area contributed by atoms with Gasteiger partial charge in [0, 0.05) is 41.0 Å². The molecule has 0 aromatic carbocycles. The van der Waals surface area contributed by atoms with E-state index < -0.39 is 17.9 Å². The van der Waals surface area contributed by atoms with Crippen molar-refractivity contribution in [2.45, 2.75) is 46.5 Å². The van der Waals surface area contributed by atoms with Crippen LogP contribution in [0.2, 0.25) is 0 Å². The van der Waals surface area contributed by atoms with Crippen molar-refractivity contribution >= 4 is 17.9 Å². The van der Waals surface area contributed by atoms with Crippen molar-refractivity contribution in [1.29, 1.82) is 0 Å². The molecular formula is C14H23O6Ti-. The van der Waals surface area contributed by atoms with Gasteiger partial charge in [-0.1, -0.05) is 20.8 Å². The van der Waals surface area contributed by atoms with E-state index in [1.165, 1.54) is 0 Å². The minimum absolute atomic E-state index is 0. The van der Waals surface area contributed by atoms with Crippen molar-refractivity contribution in [3.63, 3.8) is 0 Å². The van der Waals surface area contributed by atoms with E-state index in [1.54, 1.807) is 20.8 Å². The van der Waals surface area contributed by atoms with Gasteiger partial charge < -0.3 is 15.3 Å². The van der Waals surface area contributed by atoms with Gasteiger partial charge in [-0.15, -0.1) is 6.42 Å². The molecule has 120 valence electrons. The van der Waals surface area contributed by atoms with Crippen molar-refractivity contribution in [1.82, 2.24) is 0 Å². The molecule has 0 aromatic rings. The molecule has 0 aliphatic heterocycles. The van der Waals surface area contributed by atoms with Crippen LogP contribution in [0.15, 0.2) is 18.2 Å². The zero-order chi connectivity index (χ0) is 16.4. The Morgan fingerprint density at radius 2 is 1.19 bits per heavy atom. The van der Waals surface area contributed by atoms with E-state index in [0.717, 1.165) is 6.42 Å². The average Bonchev–Trinajstić information content (AvgIpc) is 2.99. The standard InChI is InChI=1S/C5H5.3C3H6O2.Ti/c1-2-4-5-3-1;3*1-2-3(4)5;/h1-3H,4H2;3*2H2,1H3,(H,4,5);/q-1;;;;. The number of allylic oxidation sites excluding steroid dienone is 4. The molecule has 0 fully saturated rings. The third kappa shape index (κ3) is 55.6. The zero-order valence-electron chi connectivity index (χ0n) is 12.6. The van der Waals surface area contributed by atoms with Crippen LogP contribution >= 0.6 is 0 Å². The van der Waals surface area contributed by atoms with E-state index in [9.17, 15) is 14.4 Å². The van der Waals surface area contributed by atoms with Crippen molar-refractivity contribution < 1.29 is 51.4 Å². The van der Waals surface area contributed by atoms with Crippen LogP contribution in [0.5, 0.6) is 0 Å². The number of hydrogen-bond acceptors (Lipinski definition) is 3. The van der Waals surface area contributed by atoms with Gasteiger partial charge in [-0.3, -0.25) is 20.5 Å². The molecule has 0 aromatic heterocycles. The largest absolute Gasteiger partial charge is 0.481 e. The molecule has 1 aliphatic carbocycles. The molecule has 1 rings (SSSR count). The maximum absolute atomic E-state index is 9.37. The van der Waals surface area contributed by atoms with Crippen LogP contribution in [0, 0.1) is 6.08 Å². The first kappa shape index (κ1) is 27.9. The third-order valence-corrected chi connectivity index (χ3v) is 1.49. The maximum atomic E-state index is 9.37. The molecule has 7 heteroatoms. The fourth-order valence-corrected chi connectivity index (χ4v) is 0.340. The minimum Gasteiger partial charge on any atom is -0.481 e. The van der Waals surface area contributed by atoms with Gasteiger partial charge in [-0.2, -0.15) is 6.08 Å². The van der Waals surface area contributed by atoms with E-state index in [1.807, 2.05) is 12.2 Å². The molecule has 0 saturated heterocycles. The number of aliphatic carboxylic acids is 3. The van der Waals surface area contributed by atoms with Gasteiger partial charge in [0.15, 0.2) is 0 Å². The second-order valence-electron chi connectivity index (χ2n) is 3.24. The summed E-state index contributed by atoms with van der Waals surface area (Å²) in [5.74, 6) is -2.24. The molecule has 21 heavy (non-hydrogen) atoms. The van der Waals surface area contributed by atoms with Gasteiger partial charge in [-0.25, -0.2) is 12.2 Å². The Morgan fingerprint density at radius 3 is 1.24 bits per heavy atom. The first-order valence-corrected chi connectivity index (χ1v) is 6.18. The Hall–Kier alpha value is -1.40. The Bertz CT molecular complexity index is 280. The van der Waals surface area contributed by atoms with Gasteiger partial charge in [0.2, 0.25) is 0 Å². The fraction of sp³-hybridized carbons (Fsp3) is 0.500. The summed E-state index contributed by atoms with van der Waals surface area (Å²) in [6.07, 6.45) is 10.7. The summed E-state index contributed by atoms with van der Waals surface area (Å²) in [5, 5.41) is 23.2. The SMILES string of the molecule is CCC(=O)O.CCC(=O)O.CCC(=O)O.[C-]1=CC=CC1.[Ti]. The molecule has 0 heterocycles. The zero-order valence-corrected chi connectivity index (χ0v) is 14.2. The Balaban J connectivity index is -0.0000000903. The second-order valence-corrected chi connectivity index (χ2v) is 3.24. The van der Waals surface area contributed by atoms with Crippen molar-refractivity contribution in [3.05, 3.63) is 24.3 Å². The normalized spacial score (nSPS) is 9.48. The molecule has 3 N–H and O–H groups in total. The van der Waals surface area contributed by atoms with Crippen LogP contribution in [0.4, 0.5) is 0 Å². The summed E-state index contributed by atoms with van der Waals surface area (Å²) < 4.78 is 0. The van der Waals surface area contributed by atoms with E-state index in [0.29, 0.717) is 0 Å². The molecule has 0 bridgehead atoms. The molecule has 0 unspecified atom stereocenters. The Morgan fingerprint density at radius 1 is 0.905 bits per heavy atom. The average molecular weight is 335 g/mol. The minimum atomic E-state index is -0.745. The van der Waals surface area contributed by atoms with E-state index in [2.05, 4.69) is 12.2 Å². The molecule has 0 amide bonds. The smallest absolute Gasteiger partial charge is 0.303 e. The summed E-state index contributed by atoms with van der Waals surface area (Å²) >= 11 is 0. The van der Waals surface area contributed by atoms with Gasteiger partial charge in [0.1, 0.15) is 0 Å². The first-order chi connectivity index (χ1) is 9.31. The predicted molar refractivity (Wildman–Crippen MR) is 75.4 cm³/mol. The van der Waals surface area contributed by atoms with Gasteiger partial charge in [0.05, 0.1) is 0 Å². The van der Waals surface area contributed by atoms with E-state index in [-0.39, 0.29) is 41.0 Å². The predicted octanol–water partition coefficient (Wildman–Crippen LogP) is 2.75. The maximum Gasteiger partial charge on any atom is 0.303 e. The number of carbonyl (C=O) groups is 3. The second kappa shape index (κ2) is 23.7. The summed E-state index contributed by atoms with van der Waals surface area (Å²) in [5.41, 5.74) is 0. The molecule has 0 radical (unpaired) electrons. The van der Waals surface area contributed by atoms with Crippen molar-refractivity contribution in [3.8, 4) is 0 Å². The van der Waals surface area contributed by atoms with Crippen LogP contribution in [0.25, 0.3) is 0 Å². The van der Waals surface area contributed by atoms with E-state index >= 15 is 0 Å². The topological polar surface area (TPSA) is 112 Å². The van der Waals surface area contributed by atoms with Crippen molar-refractivity contribution in [2.75, 3.05) is 0 Å². The fourth-order valence-electron chi connectivity index (χ4n) is 0.340. The monoisotopic (exact) mass is 335 g/mol. The van der Waals surface area contributed by atoms with Gasteiger partial charge in [0.25, 0.3) is 0 Å². The quantitative estimate of drug-likeness (QED) is 0.540. The molecule has 0 saturated carbocycles. The number of carboxylic acid groups (broad SMARTS) is 3. The Labute approximate surface area is 140 Å². The summed E-state index contributed by atoms with van der Waals surface area (Å²) in [4.78, 5) is 28.1. The molecule has 1 aliphatic rings. The van der Waals surface area contributed by atoms with Crippen LogP contribution in [0.3, 0.4) is 0 Å². The number of hydrogen-bond donors (Lipinski definition) is 3. The van der Waals surface area contributed by atoms with Crippen LogP contribution in [-0.2, 0) is 36.1 Å². The van der Waals surface area contributed by atoms with Crippen molar-refractivity contribution in [2.24, 2.45) is 0 Å². The molecule has 0 spiro atoms. The summed E-state index contributed by atoms with van der Waals surface area (Å²) in [6.45, 7) is 4.80. The van der Waals surface area contributed by atoms with Crippen LogP contribution < -0.4 is 0 Å². The van der Waals surface area contributed by atoms with Gasteiger partial charge in [-0.05, 0) is 0 Å². The third-order valence-electron chi connectivity index (χ3n) is 1.49. The summed E-state index contributed by atoms with van der Waals surface area (Å²) in [7, 11) is 0. The van der Waals surface area contributed by atoms with Crippen LogP contribution in [0.1, 0.15) is 46.5 Å². The number of rotatable bonds is 3.